The average Bonchev–Trinajstić information content (AvgIpc) is 2.69. The van der Waals surface area contributed by atoms with Crippen LogP contribution in [0.2, 0.25) is 0 Å². The Kier molecular flexibility index (Phi) is 7.23. The molecule has 1 saturated heterocycles. The van der Waals surface area contributed by atoms with Gasteiger partial charge in [-0.15, -0.1) is 0 Å². The molecule has 1 aliphatic heterocycles. The highest BCUT2D eigenvalue weighted by atomic mass is 32.2. The van der Waals surface area contributed by atoms with E-state index in [4.69, 9.17) is 14.2 Å². The molecular weight excluding hydrogens is 350 g/mol. The highest BCUT2D eigenvalue weighted by molar-refractivity contribution is 8.14. The van der Waals surface area contributed by atoms with Crippen LogP contribution in [0, 0.1) is 0 Å². The zero-order chi connectivity index (χ0) is 18.4. The molecule has 1 aromatic carbocycles. The first-order chi connectivity index (χ1) is 12.7. The number of hydrogen-bond acceptors (Lipinski definition) is 6. The van der Waals surface area contributed by atoms with E-state index in [9.17, 15) is 4.79 Å². The first-order valence-corrected chi connectivity index (χ1v) is 10.3. The van der Waals surface area contributed by atoms with Gasteiger partial charge < -0.3 is 14.2 Å². The second-order valence-electron chi connectivity index (χ2n) is 6.89. The van der Waals surface area contributed by atoms with Gasteiger partial charge in [0.25, 0.3) is 0 Å². The third-order valence-corrected chi connectivity index (χ3v) is 6.52. The van der Waals surface area contributed by atoms with Gasteiger partial charge in [0, 0.05) is 30.8 Å². The summed E-state index contributed by atoms with van der Waals surface area (Å²) in [5, 5.41) is 0.636. The van der Waals surface area contributed by atoms with Crippen LogP contribution in [-0.4, -0.2) is 61.8 Å². The van der Waals surface area contributed by atoms with Gasteiger partial charge >= 0.3 is 0 Å². The van der Waals surface area contributed by atoms with E-state index >= 15 is 0 Å². The number of ether oxygens (including phenoxy) is 3. The Labute approximate surface area is 160 Å². The molecule has 2 aliphatic rings. The molecule has 2 fully saturated rings. The molecule has 0 bridgehead atoms. The molecule has 0 radical (unpaired) electrons. The molecule has 1 aromatic rings. The van der Waals surface area contributed by atoms with Gasteiger partial charge in [0.1, 0.15) is 0 Å². The number of thioether (sulfide) groups is 1. The molecule has 1 aliphatic carbocycles. The van der Waals surface area contributed by atoms with Crippen molar-refractivity contribution in [2.24, 2.45) is 0 Å². The van der Waals surface area contributed by atoms with E-state index in [1.54, 1.807) is 26.0 Å². The van der Waals surface area contributed by atoms with Crippen molar-refractivity contribution in [2.75, 3.05) is 40.5 Å². The number of methoxy groups -OCH3 is 2. The maximum Gasteiger partial charge on any atom is 0.193 e. The van der Waals surface area contributed by atoms with Gasteiger partial charge in [-0.2, -0.15) is 0 Å². The van der Waals surface area contributed by atoms with Crippen LogP contribution in [0.15, 0.2) is 18.2 Å². The van der Waals surface area contributed by atoms with E-state index in [0.717, 1.165) is 38.3 Å². The molecule has 0 amide bonds. The summed E-state index contributed by atoms with van der Waals surface area (Å²) in [7, 11) is 3.24. The fraction of sp³-hybridized carbons (Fsp3) is 0.650. The summed E-state index contributed by atoms with van der Waals surface area (Å²) in [5.41, 5.74) is 0.971. The molecule has 0 spiro atoms. The molecule has 1 saturated carbocycles. The van der Waals surface area contributed by atoms with Crippen LogP contribution in [0.1, 0.15) is 31.2 Å². The summed E-state index contributed by atoms with van der Waals surface area (Å²) >= 11 is 1.55. The second-order valence-corrected chi connectivity index (χ2v) is 8.19. The summed E-state index contributed by atoms with van der Waals surface area (Å²) in [6.45, 7) is 3.61. The zero-order valence-corrected chi connectivity index (χ0v) is 16.6. The molecule has 5 nitrogen and oxygen atoms in total. The third-order valence-electron chi connectivity index (χ3n) is 5.26. The summed E-state index contributed by atoms with van der Waals surface area (Å²) in [6.07, 6.45) is 5.24. The van der Waals surface area contributed by atoms with Crippen LogP contribution >= 0.6 is 11.8 Å². The van der Waals surface area contributed by atoms with Crippen molar-refractivity contribution in [1.82, 2.24) is 4.90 Å². The maximum atomic E-state index is 12.7. The summed E-state index contributed by atoms with van der Waals surface area (Å²) in [6, 6.07) is 6.22. The van der Waals surface area contributed by atoms with Crippen molar-refractivity contribution < 1.29 is 19.0 Å². The van der Waals surface area contributed by atoms with Crippen molar-refractivity contribution in [1.29, 1.82) is 0 Å². The molecule has 0 N–H and O–H groups in total. The Morgan fingerprint density at radius 1 is 1.15 bits per heavy atom. The van der Waals surface area contributed by atoms with E-state index in [-0.39, 0.29) is 5.12 Å². The van der Waals surface area contributed by atoms with E-state index in [2.05, 4.69) is 4.90 Å². The lowest BCUT2D eigenvalue weighted by molar-refractivity contribution is -0.110. The lowest BCUT2D eigenvalue weighted by atomic mass is 9.93. The van der Waals surface area contributed by atoms with Crippen LogP contribution in [0.5, 0.6) is 11.5 Å². The molecule has 144 valence electrons. The Morgan fingerprint density at radius 3 is 2.62 bits per heavy atom. The lowest BCUT2D eigenvalue weighted by Crippen LogP contribution is -2.49. The standard InChI is InChI=1S/C20H29NO4S/c1-23-17-8-7-15(13-18(17)24-2)14-20(22)26-19-6-4-3-5-16(19)21-9-11-25-12-10-21/h7-8,13,16,19H,3-6,9-12,14H2,1-2H3/t16-,19-/m1/s1. The van der Waals surface area contributed by atoms with Gasteiger partial charge in [0.2, 0.25) is 0 Å². The minimum absolute atomic E-state index is 0.238. The average molecular weight is 380 g/mol. The Morgan fingerprint density at radius 2 is 1.88 bits per heavy atom. The van der Waals surface area contributed by atoms with Gasteiger partial charge in [-0.05, 0) is 30.5 Å². The van der Waals surface area contributed by atoms with Crippen LogP contribution in [-0.2, 0) is 16.0 Å². The number of rotatable bonds is 6. The van der Waals surface area contributed by atoms with E-state index in [0.29, 0.717) is 29.2 Å². The number of morpholine rings is 1. The lowest BCUT2D eigenvalue weighted by Gasteiger charge is -2.41. The molecule has 3 rings (SSSR count). The second kappa shape index (κ2) is 9.62. The number of hydrogen-bond donors (Lipinski definition) is 0. The Bertz CT molecular complexity index is 603. The van der Waals surface area contributed by atoms with Crippen LogP contribution < -0.4 is 9.47 Å². The Hall–Kier alpha value is -1.24. The van der Waals surface area contributed by atoms with Crippen molar-refractivity contribution in [3.8, 4) is 11.5 Å². The number of carbonyl (C=O) groups is 1. The quantitative estimate of drug-likeness (QED) is 0.757. The summed E-state index contributed by atoms with van der Waals surface area (Å²) < 4.78 is 16.1. The highest BCUT2D eigenvalue weighted by Crippen LogP contribution is 2.34. The van der Waals surface area contributed by atoms with Crippen LogP contribution in [0.3, 0.4) is 0 Å². The normalized spacial score (nSPS) is 24.2. The highest BCUT2D eigenvalue weighted by Gasteiger charge is 2.32. The monoisotopic (exact) mass is 379 g/mol. The van der Waals surface area contributed by atoms with Gasteiger partial charge in [0.05, 0.1) is 27.4 Å². The molecule has 2 atom stereocenters. The van der Waals surface area contributed by atoms with Gasteiger partial charge in [-0.25, -0.2) is 0 Å². The number of benzene rings is 1. The van der Waals surface area contributed by atoms with E-state index < -0.39 is 0 Å². The van der Waals surface area contributed by atoms with Crippen molar-refractivity contribution in [2.45, 2.75) is 43.4 Å². The molecule has 0 aromatic heterocycles. The minimum Gasteiger partial charge on any atom is -0.493 e. The predicted octanol–water partition coefficient (Wildman–Crippen LogP) is 3.15. The van der Waals surface area contributed by atoms with Gasteiger partial charge in [-0.3, -0.25) is 9.69 Å². The summed E-state index contributed by atoms with van der Waals surface area (Å²) in [4.78, 5) is 15.2. The molecular formula is C20H29NO4S. The predicted molar refractivity (Wildman–Crippen MR) is 104 cm³/mol. The van der Waals surface area contributed by atoms with Crippen molar-refractivity contribution in [3.63, 3.8) is 0 Å². The minimum atomic E-state index is 0.238. The molecule has 0 unspecified atom stereocenters. The SMILES string of the molecule is COc1ccc(CC(=O)S[C@@H]2CCCC[C@H]2N2CCOCC2)cc1OC. The van der Waals surface area contributed by atoms with Gasteiger partial charge in [0.15, 0.2) is 16.6 Å². The van der Waals surface area contributed by atoms with Crippen molar-refractivity contribution >= 4 is 16.9 Å². The topological polar surface area (TPSA) is 48.0 Å². The van der Waals surface area contributed by atoms with Crippen LogP contribution in [0.25, 0.3) is 0 Å². The number of carbonyl (C=O) groups excluding carboxylic acids is 1. The smallest absolute Gasteiger partial charge is 0.193 e. The third kappa shape index (κ3) is 4.93. The first kappa shape index (κ1) is 19.5. The van der Waals surface area contributed by atoms with E-state index in [1.165, 1.54) is 19.3 Å². The van der Waals surface area contributed by atoms with Gasteiger partial charge in [-0.1, -0.05) is 30.7 Å². The largest absolute Gasteiger partial charge is 0.493 e. The molecule has 26 heavy (non-hydrogen) atoms. The van der Waals surface area contributed by atoms with Crippen LogP contribution in [0.4, 0.5) is 0 Å². The molecule has 1 heterocycles. The van der Waals surface area contributed by atoms with Crippen molar-refractivity contribution in [3.05, 3.63) is 23.8 Å². The number of nitrogens with zero attached hydrogens (tertiary/aromatic N) is 1. The fourth-order valence-electron chi connectivity index (χ4n) is 3.91. The maximum absolute atomic E-state index is 12.7. The molecule has 6 heteroatoms. The van der Waals surface area contributed by atoms with E-state index in [1.807, 2.05) is 18.2 Å². The Balaban J connectivity index is 1.60. The zero-order valence-electron chi connectivity index (χ0n) is 15.7. The summed E-state index contributed by atoms with van der Waals surface area (Å²) in [5.74, 6) is 1.36. The fourth-order valence-corrected chi connectivity index (χ4v) is 5.25. The first-order valence-electron chi connectivity index (χ1n) is 9.43.